The van der Waals surface area contributed by atoms with E-state index in [-0.39, 0.29) is 6.42 Å². The van der Waals surface area contributed by atoms with Crippen molar-refractivity contribution >= 4 is 23.6 Å². The largest absolute Gasteiger partial charge is 0.490 e. The van der Waals surface area contributed by atoms with E-state index in [0.717, 1.165) is 29.1 Å². The molecule has 2 aromatic rings. The monoisotopic (exact) mass is 421 g/mol. The van der Waals surface area contributed by atoms with Gasteiger partial charge in [0.2, 0.25) is 0 Å². The van der Waals surface area contributed by atoms with Gasteiger partial charge in [0.1, 0.15) is 24.7 Å². The maximum Gasteiger partial charge on any atom is 0.180 e. The van der Waals surface area contributed by atoms with Gasteiger partial charge in [0.05, 0.1) is 18.4 Å². The van der Waals surface area contributed by atoms with Gasteiger partial charge in [-0.3, -0.25) is 0 Å². The predicted molar refractivity (Wildman–Crippen MR) is 108 cm³/mol. The van der Waals surface area contributed by atoms with Crippen LogP contribution in [-0.2, 0) is 16.0 Å². The van der Waals surface area contributed by atoms with Crippen LogP contribution in [0.1, 0.15) is 29.2 Å². The Morgan fingerprint density at radius 3 is 2.79 bits per heavy atom. The zero-order valence-corrected chi connectivity index (χ0v) is 16.5. The topological polar surface area (TPSA) is 108 Å². The van der Waals surface area contributed by atoms with E-state index in [1.807, 2.05) is 24.3 Å². The Kier molecular flexibility index (Phi) is 7.46. The molecule has 0 fully saturated rings. The molecule has 0 spiro atoms. The van der Waals surface area contributed by atoms with E-state index in [0.29, 0.717) is 29.9 Å². The molecule has 156 valence electrons. The van der Waals surface area contributed by atoms with Gasteiger partial charge in [0, 0.05) is 18.0 Å². The van der Waals surface area contributed by atoms with Gasteiger partial charge in [0.25, 0.3) is 0 Å². The Bertz CT molecular complexity index is 844. The van der Waals surface area contributed by atoms with Crippen LogP contribution in [0, 0.1) is 0 Å². The molecular weight excluding hydrogens is 398 g/mol. The normalized spacial score (nSPS) is 15.2. The minimum Gasteiger partial charge on any atom is -0.490 e. The van der Waals surface area contributed by atoms with Crippen LogP contribution >= 0.6 is 11.6 Å². The van der Waals surface area contributed by atoms with Crippen molar-refractivity contribution in [2.45, 2.75) is 31.3 Å². The summed E-state index contributed by atoms with van der Waals surface area (Å²) in [5, 5.41) is 31.7. The Morgan fingerprint density at radius 1 is 1.24 bits per heavy atom. The fraction of sp³-hybridized carbons (Fsp3) is 0.381. The Hall–Kier alpha value is -2.16. The number of aliphatic hydroxyl groups excluding tert-OH is 2. The molecule has 29 heavy (non-hydrogen) atoms. The molecule has 0 radical (unpaired) electrons. The number of anilines is 1. The zero-order chi connectivity index (χ0) is 20.8. The van der Waals surface area contributed by atoms with Gasteiger partial charge in [0.15, 0.2) is 6.29 Å². The summed E-state index contributed by atoms with van der Waals surface area (Å²) >= 11 is 6.38. The average molecular weight is 422 g/mol. The number of nitrogens with one attached hydrogen (secondary N) is 1. The van der Waals surface area contributed by atoms with Gasteiger partial charge in [-0.1, -0.05) is 29.8 Å². The molecule has 0 saturated carbocycles. The van der Waals surface area contributed by atoms with E-state index in [1.165, 1.54) is 0 Å². The molecule has 1 heterocycles. The minimum atomic E-state index is -1.86. The first kappa shape index (κ1) is 21.5. The van der Waals surface area contributed by atoms with Crippen molar-refractivity contribution in [1.82, 2.24) is 0 Å². The lowest BCUT2D eigenvalue weighted by Gasteiger charge is -2.24. The highest BCUT2D eigenvalue weighted by atomic mass is 35.5. The van der Waals surface area contributed by atoms with Crippen molar-refractivity contribution in [3.05, 3.63) is 58.1 Å². The molecule has 7 nitrogen and oxygen atoms in total. The van der Waals surface area contributed by atoms with Gasteiger partial charge in [-0.15, -0.1) is 0 Å². The lowest BCUT2D eigenvalue weighted by Crippen LogP contribution is -2.33. The molecule has 0 aromatic heterocycles. The molecule has 2 atom stereocenters. The maximum atomic E-state index is 11.1. The summed E-state index contributed by atoms with van der Waals surface area (Å²) < 4.78 is 11.2. The number of carbonyl (C=O) groups excluding carboxylic acids is 1. The number of aldehydes is 1. The molecule has 8 heteroatoms. The summed E-state index contributed by atoms with van der Waals surface area (Å²) in [6, 6.07) is 11.2. The number of ether oxygens (including phenoxy) is 2. The molecular formula is C21H24ClNO6. The van der Waals surface area contributed by atoms with Gasteiger partial charge < -0.3 is 34.9 Å². The summed E-state index contributed by atoms with van der Waals surface area (Å²) in [6.45, 7) is 0.798. The predicted octanol–water partition coefficient (Wildman–Crippen LogP) is 2.05. The van der Waals surface area contributed by atoms with Crippen LogP contribution in [0.15, 0.2) is 36.4 Å². The first-order valence-corrected chi connectivity index (χ1v) is 9.73. The van der Waals surface area contributed by atoms with Crippen LogP contribution in [-0.4, -0.2) is 53.8 Å². The van der Waals surface area contributed by atoms with E-state index in [1.54, 1.807) is 12.1 Å². The molecule has 1 aliphatic rings. The smallest absolute Gasteiger partial charge is 0.180 e. The van der Waals surface area contributed by atoms with Crippen molar-refractivity contribution in [3.63, 3.8) is 0 Å². The number of rotatable bonds is 9. The number of hydrogen-bond donors (Lipinski definition) is 4. The van der Waals surface area contributed by atoms with E-state index in [9.17, 15) is 20.1 Å². The standard InChI is InChI=1S/C21H24ClNO6/c22-16-3-2-14(18(5-7-24)29-20(12-25)21(26)27)11-15(16)9-13-1-4-17-19(10-13)28-8-6-23-17/h1-4,7,10-11,18,20-21,23,25-27H,5-6,8-9,12H2. The van der Waals surface area contributed by atoms with E-state index in [4.69, 9.17) is 21.1 Å². The highest BCUT2D eigenvalue weighted by molar-refractivity contribution is 6.31. The maximum absolute atomic E-state index is 11.1. The number of aliphatic hydroxyl groups is 3. The molecule has 0 saturated heterocycles. The fourth-order valence-electron chi connectivity index (χ4n) is 3.22. The van der Waals surface area contributed by atoms with Crippen LogP contribution in [0.4, 0.5) is 5.69 Å². The van der Waals surface area contributed by atoms with Gasteiger partial charge in [-0.2, -0.15) is 0 Å². The van der Waals surface area contributed by atoms with Crippen molar-refractivity contribution in [2.75, 3.05) is 25.1 Å². The van der Waals surface area contributed by atoms with Gasteiger partial charge in [-0.05, 0) is 41.3 Å². The molecule has 4 N–H and O–H groups in total. The zero-order valence-electron chi connectivity index (χ0n) is 15.8. The number of hydrogen-bond acceptors (Lipinski definition) is 7. The second kappa shape index (κ2) is 10.0. The first-order valence-electron chi connectivity index (χ1n) is 9.35. The first-order chi connectivity index (χ1) is 14.0. The molecule has 2 aromatic carbocycles. The second-order valence-electron chi connectivity index (χ2n) is 6.80. The van der Waals surface area contributed by atoms with Crippen LogP contribution in [0.2, 0.25) is 5.02 Å². The molecule has 3 rings (SSSR count). The Labute approximate surface area is 173 Å². The van der Waals surface area contributed by atoms with Crippen LogP contribution in [0.25, 0.3) is 0 Å². The third-order valence-electron chi connectivity index (χ3n) is 4.72. The van der Waals surface area contributed by atoms with Crippen LogP contribution in [0.5, 0.6) is 5.75 Å². The average Bonchev–Trinajstić information content (AvgIpc) is 2.72. The second-order valence-corrected chi connectivity index (χ2v) is 7.20. The van der Waals surface area contributed by atoms with Gasteiger partial charge in [-0.25, -0.2) is 0 Å². The highest BCUT2D eigenvalue weighted by Crippen LogP contribution is 2.32. The summed E-state index contributed by atoms with van der Waals surface area (Å²) in [5.41, 5.74) is 3.46. The Morgan fingerprint density at radius 2 is 2.07 bits per heavy atom. The van der Waals surface area contributed by atoms with E-state index < -0.39 is 25.1 Å². The van der Waals surface area contributed by atoms with Crippen molar-refractivity contribution < 1.29 is 29.6 Å². The van der Waals surface area contributed by atoms with Crippen LogP contribution in [0.3, 0.4) is 0 Å². The number of carbonyl (C=O) groups is 1. The Balaban J connectivity index is 1.83. The molecule has 0 bridgehead atoms. The molecule has 2 unspecified atom stereocenters. The summed E-state index contributed by atoms with van der Waals surface area (Å²) in [4.78, 5) is 11.1. The summed E-state index contributed by atoms with van der Waals surface area (Å²) in [7, 11) is 0. The number of fused-ring (bicyclic) bond motifs is 1. The van der Waals surface area contributed by atoms with E-state index in [2.05, 4.69) is 5.32 Å². The summed E-state index contributed by atoms with van der Waals surface area (Å²) in [5.74, 6) is 0.797. The van der Waals surface area contributed by atoms with Crippen LogP contribution < -0.4 is 10.1 Å². The van der Waals surface area contributed by atoms with Crippen molar-refractivity contribution in [2.24, 2.45) is 0 Å². The lowest BCUT2D eigenvalue weighted by atomic mass is 9.98. The molecule has 0 amide bonds. The van der Waals surface area contributed by atoms with Crippen molar-refractivity contribution in [3.8, 4) is 5.75 Å². The third-order valence-corrected chi connectivity index (χ3v) is 5.09. The molecule has 0 aliphatic carbocycles. The van der Waals surface area contributed by atoms with Crippen molar-refractivity contribution in [1.29, 1.82) is 0 Å². The SMILES string of the molecule is O=CCC(OC(CO)C(O)O)c1ccc(Cl)c(Cc2ccc3c(c2)OCCN3)c1. The van der Waals surface area contributed by atoms with E-state index >= 15 is 0 Å². The number of halogens is 1. The number of benzene rings is 2. The highest BCUT2D eigenvalue weighted by Gasteiger charge is 2.23. The minimum absolute atomic E-state index is 0.00263. The summed E-state index contributed by atoms with van der Waals surface area (Å²) in [6.07, 6.45) is -2.58. The lowest BCUT2D eigenvalue weighted by molar-refractivity contribution is -0.178. The fourth-order valence-corrected chi connectivity index (χ4v) is 3.40. The quantitative estimate of drug-likeness (QED) is 0.362. The van der Waals surface area contributed by atoms with Gasteiger partial charge >= 0.3 is 0 Å². The molecule has 1 aliphatic heterocycles. The third kappa shape index (κ3) is 5.46.